The molecule has 0 aliphatic carbocycles. The number of hydrogen-bond acceptors (Lipinski definition) is 3. The molecule has 0 radical (unpaired) electrons. The van der Waals surface area contributed by atoms with Crippen molar-refractivity contribution in [3.05, 3.63) is 48.0 Å². The monoisotopic (exact) mass is 320 g/mol. The van der Waals surface area contributed by atoms with Gasteiger partial charge in [0, 0.05) is 27.1 Å². The van der Waals surface area contributed by atoms with Crippen molar-refractivity contribution in [3.8, 4) is 11.5 Å². The molecule has 0 saturated heterocycles. The van der Waals surface area contributed by atoms with Crippen molar-refractivity contribution < 1.29 is 14.3 Å². The van der Waals surface area contributed by atoms with Crippen LogP contribution in [0.5, 0.6) is 11.5 Å². The molecule has 122 valence electrons. The number of ether oxygens (including phenoxy) is 1. The molecule has 1 N–H and O–H groups in total. The lowest BCUT2D eigenvalue weighted by atomic mass is 9.84. The molecule has 4 aromatic rings. The molecule has 0 bridgehead atoms. The third kappa shape index (κ3) is 1.97. The van der Waals surface area contributed by atoms with Gasteiger partial charge >= 0.3 is 0 Å². The van der Waals surface area contributed by atoms with Crippen molar-refractivity contribution in [3.63, 3.8) is 0 Å². The fourth-order valence-corrected chi connectivity index (χ4v) is 3.42. The van der Waals surface area contributed by atoms with Crippen molar-refractivity contribution in [2.75, 3.05) is 7.11 Å². The Morgan fingerprint density at radius 2 is 1.67 bits per heavy atom. The molecule has 24 heavy (non-hydrogen) atoms. The van der Waals surface area contributed by atoms with E-state index in [0.29, 0.717) is 5.75 Å². The first-order valence-electron chi connectivity index (χ1n) is 8.06. The van der Waals surface area contributed by atoms with Crippen LogP contribution in [0.3, 0.4) is 0 Å². The van der Waals surface area contributed by atoms with Gasteiger partial charge in [-0.3, -0.25) is 0 Å². The molecule has 4 rings (SSSR count). The molecule has 3 heteroatoms. The normalized spacial score (nSPS) is 12.3. The van der Waals surface area contributed by atoms with Crippen LogP contribution < -0.4 is 4.74 Å². The van der Waals surface area contributed by atoms with E-state index in [4.69, 9.17) is 9.15 Å². The van der Waals surface area contributed by atoms with E-state index in [0.717, 1.165) is 44.0 Å². The highest BCUT2D eigenvalue weighted by molar-refractivity contribution is 6.21. The Labute approximate surface area is 140 Å². The van der Waals surface area contributed by atoms with Crippen LogP contribution in [-0.4, -0.2) is 12.2 Å². The average molecular weight is 320 g/mol. The highest BCUT2D eigenvalue weighted by Gasteiger charge is 2.24. The molecule has 1 heterocycles. The van der Waals surface area contributed by atoms with Crippen LogP contribution in [0.25, 0.3) is 32.7 Å². The number of fused-ring (bicyclic) bond motifs is 5. The third-order valence-electron chi connectivity index (χ3n) is 4.60. The van der Waals surface area contributed by atoms with Gasteiger partial charge in [-0.2, -0.15) is 0 Å². The van der Waals surface area contributed by atoms with Crippen LogP contribution >= 0.6 is 0 Å². The molecule has 0 fully saturated rings. The number of furan rings is 1. The number of phenols is 1. The van der Waals surface area contributed by atoms with Crippen LogP contribution in [0.1, 0.15) is 26.3 Å². The lowest BCUT2D eigenvalue weighted by molar-refractivity contribution is 0.412. The summed E-state index contributed by atoms with van der Waals surface area (Å²) >= 11 is 0. The van der Waals surface area contributed by atoms with Crippen molar-refractivity contribution >= 4 is 32.7 Å². The predicted molar refractivity (Wildman–Crippen MR) is 98.1 cm³/mol. The van der Waals surface area contributed by atoms with Gasteiger partial charge in [0.05, 0.1) is 7.11 Å². The van der Waals surface area contributed by atoms with Gasteiger partial charge in [-0.15, -0.1) is 0 Å². The molecule has 1 aromatic heterocycles. The first-order chi connectivity index (χ1) is 11.4. The van der Waals surface area contributed by atoms with Gasteiger partial charge in [-0.25, -0.2) is 0 Å². The Bertz CT molecular complexity index is 1080. The highest BCUT2D eigenvalue weighted by atomic mass is 16.5. The summed E-state index contributed by atoms with van der Waals surface area (Å²) in [4.78, 5) is 0. The minimum atomic E-state index is -0.201. The highest BCUT2D eigenvalue weighted by Crippen LogP contribution is 2.46. The Morgan fingerprint density at radius 1 is 0.917 bits per heavy atom. The van der Waals surface area contributed by atoms with Crippen molar-refractivity contribution in [2.45, 2.75) is 26.2 Å². The van der Waals surface area contributed by atoms with Gasteiger partial charge in [0.25, 0.3) is 0 Å². The van der Waals surface area contributed by atoms with Crippen LogP contribution in [0.4, 0.5) is 0 Å². The second-order valence-corrected chi connectivity index (χ2v) is 7.18. The van der Waals surface area contributed by atoms with Crippen molar-refractivity contribution in [2.24, 2.45) is 0 Å². The molecule has 0 saturated carbocycles. The van der Waals surface area contributed by atoms with Crippen LogP contribution in [-0.2, 0) is 5.41 Å². The van der Waals surface area contributed by atoms with E-state index in [1.165, 1.54) is 0 Å². The lowest BCUT2D eigenvalue weighted by Crippen LogP contribution is -2.11. The van der Waals surface area contributed by atoms with E-state index in [9.17, 15) is 5.11 Å². The Balaban J connectivity index is 2.30. The number of aromatic hydroxyl groups is 1. The zero-order valence-corrected chi connectivity index (χ0v) is 14.3. The zero-order valence-electron chi connectivity index (χ0n) is 14.3. The number of rotatable bonds is 1. The average Bonchev–Trinajstić information content (AvgIpc) is 2.92. The van der Waals surface area contributed by atoms with Gasteiger partial charge in [-0.05, 0) is 29.7 Å². The molecule has 0 spiro atoms. The first kappa shape index (κ1) is 14.9. The summed E-state index contributed by atoms with van der Waals surface area (Å²) in [5.41, 5.74) is 2.25. The smallest absolute Gasteiger partial charge is 0.136 e. The maximum atomic E-state index is 11.1. The summed E-state index contributed by atoms with van der Waals surface area (Å²) < 4.78 is 11.6. The number of para-hydroxylation sites is 1. The SMILES string of the molecule is COc1cc(C(C)(C)C)c(O)c2c1ccc1oc3ccccc3c12. The number of hydrogen-bond donors (Lipinski definition) is 1. The summed E-state index contributed by atoms with van der Waals surface area (Å²) in [5, 5.41) is 14.7. The maximum absolute atomic E-state index is 11.1. The van der Waals surface area contributed by atoms with E-state index in [1.807, 2.05) is 42.5 Å². The molecular weight excluding hydrogens is 300 g/mol. The standard InChI is InChI=1S/C21H20O3/c1-21(2,3)14-11-17(23-4)13-9-10-16-18(19(13)20(14)22)12-7-5-6-8-15(12)24-16/h5-11,22H,1-4H3. The maximum Gasteiger partial charge on any atom is 0.136 e. The fraction of sp³-hybridized carbons (Fsp3) is 0.238. The number of benzene rings is 3. The van der Waals surface area contributed by atoms with E-state index in [1.54, 1.807) is 7.11 Å². The van der Waals surface area contributed by atoms with E-state index >= 15 is 0 Å². The van der Waals surface area contributed by atoms with Crippen molar-refractivity contribution in [1.29, 1.82) is 0 Å². The van der Waals surface area contributed by atoms with Gasteiger partial charge < -0.3 is 14.3 Å². The zero-order chi connectivity index (χ0) is 17.1. The molecule has 0 aliphatic rings. The topological polar surface area (TPSA) is 42.6 Å². The summed E-state index contributed by atoms with van der Waals surface area (Å²) in [7, 11) is 1.66. The predicted octanol–water partition coefficient (Wildman–Crippen LogP) is 5.75. The van der Waals surface area contributed by atoms with Gasteiger partial charge in [0.2, 0.25) is 0 Å². The third-order valence-corrected chi connectivity index (χ3v) is 4.60. The van der Waals surface area contributed by atoms with Crippen LogP contribution in [0.15, 0.2) is 46.9 Å². The minimum Gasteiger partial charge on any atom is -0.507 e. The Morgan fingerprint density at radius 3 is 2.38 bits per heavy atom. The molecular formula is C21H20O3. The summed E-state index contributed by atoms with van der Waals surface area (Å²) in [5.74, 6) is 1.07. The van der Waals surface area contributed by atoms with Crippen LogP contribution in [0, 0.1) is 0 Å². The largest absolute Gasteiger partial charge is 0.507 e. The summed E-state index contributed by atoms with van der Waals surface area (Å²) in [6.45, 7) is 6.25. The number of phenolic OH excluding ortho intramolecular Hbond substituents is 1. The first-order valence-corrected chi connectivity index (χ1v) is 8.06. The molecule has 3 aromatic carbocycles. The minimum absolute atomic E-state index is 0.201. The Hall–Kier alpha value is -2.68. The van der Waals surface area contributed by atoms with Gasteiger partial charge in [-0.1, -0.05) is 39.0 Å². The molecule has 0 unspecified atom stereocenters. The summed E-state index contributed by atoms with van der Waals surface area (Å²) in [6.07, 6.45) is 0. The fourth-order valence-electron chi connectivity index (χ4n) is 3.42. The lowest BCUT2D eigenvalue weighted by Gasteiger charge is -2.23. The van der Waals surface area contributed by atoms with Crippen molar-refractivity contribution in [1.82, 2.24) is 0 Å². The molecule has 0 aliphatic heterocycles. The van der Waals surface area contributed by atoms with Gasteiger partial charge in [0.1, 0.15) is 22.7 Å². The van der Waals surface area contributed by atoms with E-state index in [2.05, 4.69) is 20.8 Å². The quantitative estimate of drug-likeness (QED) is 0.485. The number of methoxy groups -OCH3 is 1. The molecule has 3 nitrogen and oxygen atoms in total. The molecule has 0 atom stereocenters. The van der Waals surface area contributed by atoms with E-state index in [-0.39, 0.29) is 5.41 Å². The second-order valence-electron chi connectivity index (χ2n) is 7.18. The van der Waals surface area contributed by atoms with E-state index < -0.39 is 0 Å². The Kier molecular flexibility index (Phi) is 3.04. The summed E-state index contributed by atoms with van der Waals surface area (Å²) in [6, 6.07) is 13.7. The van der Waals surface area contributed by atoms with Crippen LogP contribution in [0.2, 0.25) is 0 Å². The van der Waals surface area contributed by atoms with Gasteiger partial charge in [0.15, 0.2) is 0 Å². The molecule has 0 amide bonds. The second kappa shape index (κ2) is 4.91.